The molecule has 0 saturated carbocycles. The summed E-state index contributed by atoms with van der Waals surface area (Å²) in [4.78, 5) is 31.0. The Balaban J connectivity index is 1.41. The molecule has 2 heterocycles. The average molecular weight is 503 g/mol. The van der Waals surface area contributed by atoms with E-state index in [0.717, 1.165) is 23.9 Å². The summed E-state index contributed by atoms with van der Waals surface area (Å²) in [5.74, 6) is 0.0209. The van der Waals surface area contributed by atoms with Crippen molar-refractivity contribution in [3.8, 4) is 0 Å². The highest BCUT2D eigenvalue weighted by Crippen LogP contribution is 2.37. The van der Waals surface area contributed by atoms with Crippen molar-refractivity contribution in [3.63, 3.8) is 0 Å². The molecule has 1 aliphatic heterocycles. The molecule has 37 heavy (non-hydrogen) atoms. The molecule has 1 fully saturated rings. The van der Waals surface area contributed by atoms with Gasteiger partial charge in [0, 0.05) is 49.2 Å². The van der Waals surface area contributed by atoms with Crippen molar-refractivity contribution in [3.05, 3.63) is 71.9 Å². The van der Waals surface area contributed by atoms with E-state index in [1.807, 2.05) is 44.0 Å². The maximum absolute atomic E-state index is 13.6. The molecule has 0 bridgehead atoms. The Labute approximate surface area is 221 Å². The van der Waals surface area contributed by atoms with Gasteiger partial charge in [-0.1, -0.05) is 69.3 Å². The molecule has 1 aromatic heterocycles. The number of nitrogens with zero attached hydrogens (tertiary/aromatic N) is 3. The first-order chi connectivity index (χ1) is 17.6. The van der Waals surface area contributed by atoms with E-state index in [9.17, 15) is 9.59 Å². The smallest absolute Gasteiger partial charge is 0.245 e. The number of fused-ring (bicyclic) bond motifs is 1. The highest BCUT2D eigenvalue weighted by atomic mass is 16.2. The van der Waals surface area contributed by atoms with Gasteiger partial charge < -0.3 is 14.8 Å². The van der Waals surface area contributed by atoms with E-state index in [-0.39, 0.29) is 29.2 Å². The first-order valence-corrected chi connectivity index (χ1v) is 13.5. The molecule has 2 atom stereocenters. The molecular formula is C31H42N4O2. The first kappa shape index (κ1) is 26.9. The lowest BCUT2D eigenvalue weighted by atomic mass is 9.79. The number of aromatic nitrogens is 1. The number of piperidine rings is 1. The van der Waals surface area contributed by atoms with Crippen molar-refractivity contribution >= 4 is 22.7 Å². The van der Waals surface area contributed by atoms with Gasteiger partial charge in [0.1, 0.15) is 6.04 Å². The van der Waals surface area contributed by atoms with Gasteiger partial charge in [0.25, 0.3) is 0 Å². The molecule has 2 unspecified atom stereocenters. The van der Waals surface area contributed by atoms with E-state index in [0.29, 0.717) is 19.5 Å². The molecule has 4 rings (SSSR count). The lowest BCUT2D eigenvalue weighted by Gasteiger charge is -2.47. The van der Waals surface area contributed by atoms with E-state index >= 15 is 0 Å². The number of aryl methyl sites for hydroxylation is 1. The van der Waals surface area contributed by atoms with Gasteiger partial charge in [-0.25, -0.2) is 0 Å². The fourth-order valence-corrected chi connectivity index (χ4v) is 5.94. The Kier molecular flexibility index (Phi) is 8.08. The van der Waals surface area contributed by atoms with Crippen LogP contribution in [0.4, 0.5) is 0 Å². The number of amides is 2. The summed E-state index contributed by atoms with van der Waals surface area (Å²) in [5.41, 5.74) is 3.54. The van der Waals surface area contributed by atoms with Gasteiger partial charge in [-0.05, 0) is 56.0 Å². The number of benzene rings is 2. The van der Waals surface area contributed by atoms with Crippen LogP contribution in [0.5, 0.6) is 0 Å². The predicted molar refractivity (Wildman–Crippen MR) is 150 cm³/mol. The number of carbonyl (C=O) groups is 2. The van der Waals surface area contributed by atoms with Crippen LogP contribution in [-0.4, -0.2) is 59.4 Å². The minimum atomic E-state index is -0.518. The van der Waals surface area contributed by atoms with Crippen LogP contribution in [-0.2, 0) is 22.2 Å². The lowest BCUT2D eigenvalue weighted by Crippen LogP contribution is -2.57. The third kappa shape index (κ3) is 5.45. The van der Waals surface area contributed by atoms with Gasteiger partial charge in [-0.3, -0.25) is 14.5 Å². The van der Waals surface area contributed by atoms with Crippen molar-refractivity contribution in [1.82, 2.24) is 19.7 Å². The second-order valence-electron chi connectivity index (χ2n) is 11.2. The summed E-state index contributed by atoms with van der Waals surface area (Å²) in [7, 11) is 6.28. The van der Waals surface area contributed by atoms with Crippen molar-refractivity contribution in [2.24, 2.45) is 13.0 Å². The van der Waals surface area contributed by atoms with Gasteiger partial charge in [-0.15, -0.1) is 0 Å². The molecule has 1 saturated heterocycles. The zero-order valence-corrected chi connectivity index (χ0v) is 23.2. The van der Waals surface area contributed by atoms with Gasteiger partial charge in [0.05, 0.1) is 0 Å². The predicted octanol–water partition coefficient (Wildman–Crippen LogP) is 4.89. The number of nitrogens with one attached hydrogen (secondary N) is 1. The van der Waals surface area contributed by atoms with E-state index in [1.165, 1.54) is 10.9 Å². The van der Waals surface area contributed by atoms with Crippen LogP contribution < -0.4 is 5.32 Å². The van der Waals surface area contributed by atoms with Crippen molar-refractivity contribution in [2.75, 3.05) is 27.2 Å². The summed E-state index contributed by atoms with van der Waals surface area (Å²) in [5, 5.41) is 4.28. The summed E-state index contributed by atoms with van der Waals surface area (Å²) < 4.78 is 2.11. The molecule has 1 N–H and O–H groups in total. The van der Waals surface area contributed by atoms with E-state index < -0.39 is 6.04 Å². The third-order valence-corrected chi connectivity index (χ3v) is 8.27. The molecular weight excluding hydrogens is 460 g/mol. The monoisotopic (exact) mass is 502 g/mol. The van der Waals surface area contributed by atoms with Gasteiger partial charge in [-0.2, -0.15) is 0 Å². The van der Waals surface area contributed by atoms with Gasteiger partial charge in [0.15, 0.2) is 0 Å². The van der Waals surface area contributed by atoms with E-state index in [4.69, 9.17) is 0 Å². The Bertz CT molecular complexity index is 1220. The van der Waals surface area contributed by atoms with Crippen LogP contribution in [0.3, 0.4) is 0 Å². The maximum atomic E-state index is 13.6. The SMILES string of the molecule is CC(CC(=O)NC(C(=O)N1CCC(c2ccccc2)(N(C)C)CC1)C(C)C)c1cn(C)c2ccccc12. The maximum Gasteiger partial charge on any atom is 0.245 e. The van der Waals surface area contributed by atoms with Gasteiger partial charge >= 0.3 is 0 Å². The number of hydrogen-bond donors (Lipinski definition) is 1. The van der Waals surface area contributed by atoms with Crippen LogP contribution in [0.15, 0.2) is 60.8 Å². The summed E-state index contributed by atoms with van der Waals surface area (Å²) in [6.07, 6.45) is 4.20. The van der Waals surface area contributed by atoms with Crippen LogP contribution in [0.25, 0.3) is 10.9 Å². The van der Waals surface area contributed by atoms with Gasteiger partial charge in [0.2, 0.25) is 11.8 Å². The highest BCUT2D eigenvalue weighted by Gasteiger charge is 2.40. The van der Waals surface area contributed by atoms with Crippen molar-refractivity contribution < 1.29 is 9.59 Å². The topological polar surface area (TPSA) is 57.6 Å². The highest BCUT2D eigenvalue weighted by molar-refractivity contribution is 5.89. The Hall–Kier alpha value is -3.12. The largest absolute Gasteiger partial charge is 0.350 e. The van der Waals surface area contributed by atoms with Crippen molar-refractivity contribution in [1.29, 1.82) is 0 Å². The fraction of sp³-hybridized carbons (Fsp3) is 0.484. The van der Waals surface area contributed by atoms with Crippen molar-refractivity contribution in [2.45, 2.75) is 57.5 Å². The number of likely N-dealkylation sites (tertiary alicyclic amines) is 1. The molecule has 1 aliphatic rings. The number of carbonyl (C=O) groups excluding carboxylic acids is 2. The van der Waals surface area contributed by atoms with E-state index in [2.05, 4.69) is 78.4 Å². The third-order valence-electron chi connectivity index (χ3n) is 8.27. The van der Waals surface area contributed by atoms with Crippen LogP contribution in [0.1, 0.15) is 57.1 Å². The minimum absolute atomic E-state index is 0.0129. The van der Waals surface area contributed by atoms with E-state index in [1.54, 1.807) is 0 Å². The molecule has 198 valence electrons. The molecule has 2 aromatic carbocycles. The molecule has 0 spiro atoms. The molecule has 0 radical (unpaired) electrons. The molecule has 6 nitrogen and oxygen atoms in total. The first-order valence-electron chi connectivity index (χ1n) is 13.5. The number of rotatable bonds is 8. The Morgan fingerprint density at radius 3 is 2.22 bits per heavy atom. The molecule has 2 amide bonds. The van der Waals surface area contributed by atoms with Crippen LogP contribution >= 0.6 is 0 Å². The summed E-state index contributed by atoms with van der Waals surface area (Å²) >= 11 is 0. The van der Waals surface area contributed by atoms with Crippen LogP contribution in [0.2, 0.25) is 0 Å². The fourth-order valence-electron chi connectivity index (χ4n) is 5.94. The quantitative estimate of drug-likeness (QED) is 0.477. The zero-order valence-electron chi connectivity index (χ0n) is 23.2. The molecule has 3 aromatic rings. The number of para-hydroxylation sites is 1. The lowest BCUT2D eigenvalue weighted by molar-refractivity contribution is -0.140. The minimum Gasteiger partial charge on any atom is -0.350 e. The second-order valence-corrected chi connectivity index (χ2v) is 11.2. The Morgan fingerprint density at radius 2 is 1.59 bits per heavy atom. The molecule has 0 aliphatic carbocycles. The number of hydrogen-bond acceptors (Lipinski definition) is 3. The molecule has 6 heteroatoms. The standard InChI is InChI=1S/C31H42N4O2/c1-22(2)29(32-28(36)20-23(3)26-21-34(6)27-15-11-10-14-25(26)27)30(37)35-18-16-31(17-19-35,33(4)5)24-12-8-7-9-13-24/h7-15,21-23,29H,16-20H2,1-6H3,(H,32,36). The summed E-state index contributed by atoms with van der Waals surface area (Å²) in [6.45, 7) is 7.46. The zero-order chi connectivity index (χ0) is 26.7. The van der Waals surface area contributed by atoms with Crippen LogP contribution in [0, 0.1) is 5.92 Å². The Morgan fingerprint density at radius 1 is 0.973 bits per heavy atom. The summed E-state index contributed by atoms with van der Waals surface area (Å²) in [6, 6.07) is 18.3. The second kappa shape index (κ2) is 11.1. The average Bonchev–Trinajstić information content (AvgIpc) is 3.24. The normalized spacial score (nSPS) is 17.2.